The summed E-state index contributed by atoms with van der Waals surface area (Å²) in [6, 6.07) is 15.4. The molecular formula is C23H17FN4O2. The van der Waals surface area contributed by atoms with Gasteiger partial charge < -0.3 is 4.74 Å². The molecule has 30 heavy (non-hydrogen) atoms. The number of hydrogen-bond acceptors (Lipinski definition) is 4. The molecule has 0 atom stereocenters. The molecule has 0 saturated carbocycles. The Hall–Kier alpha value is -4.00. The second-order valence-electron chi connectivity index (χ2n) is 6.92. The summed E-state index contributed by atoms with van der Waals surface area (Å²) in [6.45, 7) is 1.87. The second-order valence-corrected chi connectivity index (χ2v) is 6.92. The lowest BCUT2D eigenvalue weighted by atomic mass is 10.1. The molecule has 0 aliphatic rings. The molecule has 0 bridgehead atoms. The summed E-state index contributed by atoms with van der Waals surface area (Å²) in [6.07, 6.45) is 3.27. The minimum atomic E-state index is -0.303. The summed E-state index contributed by atoms with van der Waals surface area (Å²) in [5.74, 6) is 0.296. The van der Waals surface area contributed by atoms with Crippen LogP contribution < -0.4 is 10.3 Å². The smallest absolute Gasteiger partial charge is 0.266 e. The Bertz CT molecular complexity index is 1470. The highest BCUT2D eigenvalue weighted by atomic mass is 19.1. The van der Waals surface area contributed by atoms with Crippen LogP contribution >= 0.6 is 0 Å². The highest BCUT2D eigenvalue weighted by molar-refractivity contribution is 5.86. The van der Waals surface area contributed by atoms with Gasteiger partial charge in [0, 0.05) is 18.0 Å². The zero-order chi connectivity index (χ0) is 20.8. The highest BCUT2D eigenvalue weighted by Gasteiger charge is 2.17. The number of benzene rings is 2. The van der Waals surface area contributed by atoms with Crippen molar-refractivity contribution in [2.75, 3.05) is 7.11 Å². The summed E-state index contributed by atoms with van der Waals surface area (Å²) in [5, 5.41) is 5.04. The Kier molecular flexibility index (Phi) is 4.10. The second kappa shape index (κ2) is 6.81. The molecule has 0 amide bonds. The maximum atomic E-state index is 13.3. The van der Waals surface area contributed by atoms with E-state index in [1.54, 1.807) is 42.2 Å². The maximum Gasteiger partial charge on any atom is 0.266 e. The number of aryl methyl sites for hydroxylation is 1. The Morgan fingerprint density at radius 2 is 1.80 bits per heavy atom. The van der Waals surface area contributed by atoms with E-state index in [-0.39, 0.29) is 11.4 Å². The number of nitrogens with zero attached hydrogens (tertiary/aromatic N) is 4. The molecule has 5 aromatic rings. The maximum absolute atomic E-state index is 13.3. The van der Waals surface area contributed by atoms with Crippen LogP contribution in [0.2, 0.25) is 0 Å². The molecule has 0 aliphatic carbocycles. The van der Waals surface area contributed by atoms with E-state index in [4.69, 9.17) is 4.74 Å². The molecule has 7 heteroatoms. The first kappa shape index (κ1) is 18.1. The van der Waals surface area contributed by atoms with Gasteiger partial charge in [-0.2, -0.15) is 5.10 Å². The van der Waals surface area contributed by atoms with Crippen molar-refractivity contribution in [3.63, 3.8) is 0 Å². The van der Waals surface area contributed by atoms with E-state index < -0.39 is 0 Å². The number of methoxy groups -OCH3 is 1. The lowest BCUT2D eigenvalue weighted by molar-refractivity contribution is 0.412. The molecule has 0 N–H and O–H groups in total. The normalized spacial score (nSPS) is 11.3. The molecular weight excluding hydrogens is 383 g/mol. The molecule has 0 aliphatic heterocycles. The van der Waals surface area contributed by atoms with E-state index in [9.17, 15) is 9.18 Å². The molecule has 148 valence electrons. The van der Waals surface area contributed by atoms with E-state index in [1.165, 1.54) is 16.7 Å². The van der Waals surface area contributed by atoms with Crippen LogP contribution in [0.4, 0.5) is 4.39 Å². The number of fused-ring (bicyclic) bond motifs is 3. The predicted molar refractivity (Wildman–Crippen MR) is 113 cm³/mol. The van der Waals surface area contributed by atoms with Gasteiger partial charge in [-0.25, -0.2) is 13.9 Å². The number of hydrogen-bond donors (Lipinski definition) is 0. The first-order valence-corrected chi connectivity index (χ1v) is 9.37. The summed E-state index contributed by atoms with van der Waals surface area (Å²) in [7, 11) is 1.57. The van der Waals surface area contributed by atoms with E-state index in [2.05, 4.69) is 10.1 Å². The van der Waals surface area contributed by atoms with Crippen molar-refractivity contribution in [2.24, 2.45) is 0 Å². The topological polar surface area (TPSA) is 61.4 Å². The number of ether oxygens (including phenoxy) is 1. The largest absolute Gasteiger partial charge is 0.495 e. The van der Waals surface area contributed by atoms with Gasteiger partial charge in [-0.05, 0) is 42.8 Å². The monoisotopic (exact) mass is 400 g/mol. The van der Waals surface area contributed by atoms with Crippen LogP contribution in [-0.2, 0) is 0 Å². The number of para-hydroxylation sites is 2. The number of halogens is 1. The van der Waals surface area contributed by atoms with Crippen LogP contribution in [0.15, 0.2) is 71.8 Å². The highest BCUT2D eigenvalue weighted by Crippen LogP contribution is 2.29. The average Bonchev–Trinajstić information content (AvgIpc) is 3.11. The molecule has 0 unspecified atom stereocenters. The molecule has 6 nitrogen and oxygen atoms in total. The minimum absolute atomic E-state index is 0.220. The quantitative estimate of drug-likeness (QED) is 0.456. The van der Waals surface area contributed by atoms with Crippen molar-refractivity contribution in [1.29, 1.82) is 0 Å². The molecule has 0 radical (unpaired) electrons. The van der Waals surface area contributed by atoms with E-state index >= 15 is 0 Å². The Morgan fingerprint density at radius 3 is 2.57 bits per heavy atom. The molecule has 0 fully saturated rings. The van der Waals surface area contributed by atoms with Gasteiger partial charge in [-0.3, -0.25) is 9.36 Å². The lowest BCUT2D eigenvalue weighted by Crippen LogP contribution is -2.19. The predicted octanol–water partition coefficient (Wildman–Crippen LogP) is 4.16. The van der Waals surface area contributed by atoms with Crippen LogP contribution in [0.25, 0.3) is 33.4 Å². The zero-order valence-corrected chi connectivity index (χ0v) is 16.3. The SMILES string of the molecule is COc1ccccc1-n1ccc2c(cnc3c(-c4ccc(F)cc4)c(C)nn32)c1=O. The Morgan fingerprint density at radius 1 is 1.03 bits per heavy atom. The van der Waals surface area contributed by atoms with Crippen LogP contribution in [0.5, 0.6) is 5.75 Å². The zero-order valence-electron chi connectivity index (χ0n) is 16.3. The summed E-state index contributed by atoms with van der Waals surface area (Å²) in [4.78, 5) is 17.8. The molecule has 5 rings (SSSR count). The average molecular weight is 400 g/mol. The van der Waals surface area contributed by atoms with Gasteiger partial charge in [0.25, 0.3) is 5.56 Å². The fourth-order valence-electron chi connectivity index (χ4n) is 3.75. The fraction of sp³-hybridized carbons (Fsp3) is 0.0870. The van der Waals surface area contributed by atoms with Gasteiger partial charge in [0.2, 0.25) is 0 Å². The number of rotatable bonds is 3. The first-order chi connectivity index (χ1) is 14.6. The Labute approximate surface area is 170 Å². The molecule has 0 saturated heterocycles. The van der Waals surface area contributed by atoms with E-state index in [0.29, 0.717) is 28.0 Å². The van der Waals surface area contributed by atoms with Crippen molar-refractivity contribution in [3.05, 3.63) is 88.9 Å². The van der Waals surface area contributed by atoms with Gasteiger partial charge in [-0.15, -0.1) is 0 Å². The van der Waals surface area contributed by atoms with Crippen molar-refractivity contribution < 1.29 is 9.13 Å². The van der Waals surface area contributed by atoms with Gasteiger partial charge >= 0.3 is 0 Å². The number of pyridine rings is 1. The first-order valence-electron chi connectivity index (χ1n) is 9.37. The van der Waals surface area contributed by atoms with Gasteiger partial charge in [-0.1, -0.05) is 24.3 Å². The summed E-state index contributed by atoms with van der Waals surface area (Å²) in [5.41, 5.74) is 4.06. The fourth-order valence-corrected chi connectivity index (χ4v) is 3.75. The van der Waals surface area contributed by atoms with Gasteiger partial charge in [0.15, 0.2) is 5.65 Å². The van der Waals surface area contributed by atoms with E-state index in [1.807, 2.05) is 31.2 Å². The van der Waals surface area contributed by atoms with E-state index in [0.717, 1.165) is 16.8 Å². The molecule has 3 aromatic heterocycles. The summed E-state index contributed by atoms with van der Waals surface area (Å²) < 4.78 is 21.9. The van der Waals surface area contributed by atoms with Gasteiger partial charge in [0.1, 0.15) is 11.6 Å². The van der Waals surface area contributed by atoms with Gasteiger partial charge in [0.05, 0.1) is 29.4 Å². The van der Waals surface area contributed by atoms with Crippen molar-refractivity contribution in [2.45, 2.75) is 6.92 Å². The minimum Gasteiger partial charge on any atom is -0.495 e. The van der Waals surface area contributed by atoms with Crippen molar-refractivity contribution in [3.8, 4) is 22.6 Å². The lowest BCUT2D eigenvalue weighted by Gasteiger charge is -2.11. The van der Waals surface area contributed by atoms with Crippen LogP contribution in [0, 0.1) is 12.7 Å². The van der Waals surface area contributed by atoms with Crippen LogP contribution in [-0.4, -0.2) is 26.3 Å². The van der Waals surface area contributed by atoms with Crippen LogP contribution in [0.3, 0.4) is 0 Å². The Balaban J connectivity index is 1.76. The third-order valence-corrected chi connectivity index (χ3v) is 5.16. The van der Waals surface area contributed by atoms with Crippen molar-refractivity contribution in [1.82, 2.24) is 19.2 Å². The van der Waals surface area contributed by atoms with Crippen molar-refractivity contribution >= 4 is 16.6 Å². The number of aromatic nitrogens is 4. The summed E-state index contributed by atoms with van der Waals surface area (Å²) >= 11 is 0. The third kappa shape index (κ3) is 2.67. The van der Waals surface area contributed by atoms with Crippen LogP contribution in [0.1, 0.15) is 5.69 Å². The molecule has 2 aromatic carbocycles. The standard InChI is InChI=1S/C23H17FN4O2/c1-14-21(15-7-9-16(24)10-8-15)22-25-13-17-18(28(22)26-14)11-12-27(23(17)29)19-5-3-4-6-20(19)30-2/h3-13H,1-2H3. The molecule has 3 heterocycles. The molecule has 0 spiro atoms. The third-order valence-electron chi connectivity index (χ3n) is 5.16.